The normalized spacial score (nSPS) is 11.1. The van der Waals surface area contributed by atoms with Crippen molar-refractivity contribution in [3.8, 4) is 5.75 Å². The Morgan fingerprint density at radius 2 is 1.89 bits per heavy atom. The Balaban J connectivity index is 2.97. The van der Waals surface area contributed by atoms with E-state index in [9.17, 15) is 9.59 Å². The second kappa shape index (κ2) is 6.44. The van der Waals surface area contributed by atoms with Gasteiger partial charge in [-0.1, -0.05) is 12.1 Å². The molecular formula is C13H14O5. The zero-order valence-electron chi connectivity index (χ0n) is 9.92. The van der Waals surface area contributed by atoms with E-state index in [2.05, 4.69) is 0 Å². The van der Waals surface area contributed by atoms with Gasteiger partial charge < -0.3 is 14.9 Å². The van der Waals surface area contributed by atoms with Crippen LogP contribution >= 0.6 is 0 Å². The smallest absolute Gasteiger partial charge is 0.334 e. The molecule has 0 fully saturated rings. The minimum absolute atomic E-state index is 0.0649. The molecule has 5 nitrogen and oxygen atoms in total. The molecule has 0 unspecified atom stereocenters. The molecular weight excluding hydrogens is 236 g/mol. The molecule has 0 heterocycles. The highest BCUT2D eigenvalue weighted by Crippen LogP contribution is 2.15. The van der Waals surface area contributed by atoms with Gasteiger partial charge in [0.25, 0.3) is 0 Å². The van der Waals surface area contributed by atoms with Gasteiger partial charge in [0.15, 0.2) is 0 Å². The lowest BCUT2D eigenvalue weighted by atomic mass is 10.1. The lowest BCUT2D eigenvalue weighted by Crippen LogP contribution is -2.11. The van der Waals surface area contributed by atoms with Crippen LogP contribution in [0.25, 0.3) is 6.08 Å². The molecule has 0 bridgehead atoms. The van der Waals surface area contributed by atoms with Gasteiger partial charge in [-0.15, -0.1) is 0 Å². The molecule has 0 saturated heterocycles. The molecule has 1 aromatic carbocycles. The van der Waals surface area contributed by atoms with Crippen molar-refractivity contribution in [3.05, 3.63) is 35.4 Å². The number of esters is 1. The summed E-state index contributed by atoms with van der Waals surface area (Å²) in [7, 11) is 0. The maximum atomic E-state index is 11.5. The summed E-state index contributed by atoms with van der Waals surface area (Å²) in [6.07, 6.45) is 1.03. The maximum Gasteiger partial charge on any atom is 0.334 e. The van der Waals surface area contributed by atoms with Crippen LogP contribution in [0.15, 0.2) is 29.8 Å². The average Bonchev–Trinajstić information content (AvgIpc) is 2.31. The fraction of sp³-hybridized carbons (Fsp3) is 0.231. The lowest BCUT2D eigenvalue weighted by Gasteiger charge is -2.05. The SMILES string of the molecule is CCOC(=O)/C(=C/c1ccc(O)cc1)CC(=O)O. The highest BCUT2D eigenvalue weighted by atomic mass is 16.5. The largest absolute Gasteiger partial charge is 0.508 e. The standard InChI is InChI=1S/C13H14O5/c1-2-18-13(17)10(8-12(15)16)7-9-3-5-11(14)6-4-9/h3-7,14H,2,8H2,1H3,(H,15,16)/b10-7+. The summed E-state index contributed by atoms with van der Waals surface area (Å²) < 4.78 is 4.78. The van der Waals surface area contributed by atoms with Crippen molar-refractivity contribution in [3.63, 3.8) is 0 Å². The summed E-state index contributed by atoms with van der Waals surface area (Å²) >= 11 is 0. The van der Waals surface area contributed by atoms with Crippen LogP contribution in [0.4, 0.5) is 0 Å². The minimum atomic E-state index is -1.10. The summed E-state index contributed by atoms with van der Waals surface area (Å²) in [5.41, 5.74) is 0.687. The number of ether oxygens (including phenoxy) is 1. The number of hydrogen-bond acceptors (Lipinski definition) is 4. The van der Waals surface area contributed by atoms with E-state index in [1.165, 1.54) is 18.2 Å². The predicted octanol–water partition coefficient (Wildman–Crippen LogP) is 1.81. The van der Waals surface area contributed by atoms with Crippen molar-refractivity contribution in [1.82, 2.24) is 0 Å². The molecule has 5 heteroatoms. The van der Waals surface area contributed by atoms with Gasteiger partial charge in [-0.05, 0) is 30.7 Å². The van der Waals surface area contributed by atoms with E-state index in [1.54, 1.807) is 19.1 Å². The van der Waals surface area contributed by atoms with Crippen molar-refractivity contribution in [2.45, 2.75) is 13.3 Å². The summed E-state index contributed by atoms with van der Waals surface area (Å²) in [6.45, 7) is 1.84. The Labute approximate surface area is 104 Å². The quantitative estimate of drug-likeness (QED) is 0.615. The van der Waals surface area contributed by atoms with Gasteiger partial charge >= 0.3 is 11.9 Å². The molecule has 18 heavy (non-hydrogen) atoms. The molecule has 0 radical (unpaired) electrons. The van der Waals surface area contributed by atoms with Gasteiger partial charge in [0.2, 0.25) is 0 Å². The molecule has 96 valence electrons. The maximum absolute atomic E-state index is 11.5. The summed E-state index contributed by atoms with van der Waals surface area (Å²) in [6, 6.07) is 6.07. The fourth-order valence-electron chi connectivity index (χ4n) is 1.34. The van der Waals surface area contributed by atoms with E-state index in [4.69, 9.17) is 14.9 Å². The van der Waals surface area contributed by atoms with E-state index < -0.39 is 18.4 Å². The van der Waals surface area contributed by atoms with Crippen LogP contribution in [-0.2, 0) is 14.3 Å². The molecule has 0 saturated carbocycles. The number of rotatable bonds is 5. The molecule has 0 aromatic heterocycles. The third kappa shape index (κ3) is 4.29. The minimum Gasteiger partial charge on any atom is -0.508 e. The number of phenolic OH excluding ortho intramolecular Hbond substituents is 1. The number of benzene rings is 1. The number of aromatic hydroxyl groups is 1. The Morgan fingerprint density at radius 3 is 2.39 bits per heavy atom. The van der Waals surface area contributed by atoms with Crippen LogP contribution in [0.2, 0.25) is 0 Å². The van der Waals surface area contributed by atoms with Crippen molar-refractivity contribution in [1.29, 1.82) is 0 Å². The van der Waals surface area contributed by atoms with Crippen LogP contribution in [-0.4, -0.2) is 28.8 Å². The molecule has 0 atom stereocenters. The molecule has 0 aliphatic heterocycles. The first-order valence-corrected chi connectivity index (χ1v) is 5.41. The topological polar surface area (TPSA) is 83.8 Å². The fourth-order valence-corrected chi connectivity index (χ4v) is 1.34. The summed E-state index contributed by atoms with van der Waals surface area (Å²) in [5, 5.41) is 17.9. The van der Waals surface area contributed by atoms with Crippen LogP contribution < -0.4 is 0 Å². The summed E-state index contributed by atoms with van der Waals surface area (Å²) in [4.78, 5) is 22.2. The monoisotopic (exact) mass is 250 g/mol. The number of phenols is 1. The molecule has 1 rings (SSSR count). The number of carbonyl (C=O) groups is 2. The number of carbonyl (C=O) groups excluding carboxylic acids is 1. The first kappa shape index (κ1) is 13.8. The van der Waals surface area contributed by atoms with Gasteiger partial charge in [0, 0.05) is 5.57 Å². The zero-order chi connectivity index (χ0) is 13.5. The van der Waals surface area contributed by atoms with E-state index in [-0.39, 0.29) is 17.9 Å². The number of aliphatic carboxylic acids is 1. The van der Waals surface area contributed by atoms with E-state index >= 15 is 0 Å². The van der Waals surface area contributed by atoms with Crippen LogP contribution in [0.1, 0.15) is 18.9 Å². The second-order valence-corrected chi connectivity index (χ2v) is 3.55. The molecule has 0 amide bonds. The van der Waals surface area contributed by atoms with Crippen molar-refractivity contribution >= 4 is 18.0 Å². The van der Waals surface area contributed by atoms with Crippen LogP contribution in [0.3, 0.4) is 0 Å². The predicted molar refractivity (Wildman–Crippen MR) is 65.0 cm³/mol. The number of carboxylic acid groups (broad SMARTS) is 1. The lowest BCUT2D eigenvalue weighted by molar-refractivity contribution is -0.142. The number of carboxylic acids is 1. The van der Waals surface area contributed by atoms with Gasteiger partial charge in [-0.3, -0.25) is 4.79 Å². The molecule has 0 spiro atoms. The Morgan fingerprint density at radius 1 is 1.28 bits per heavy atom. The average molecular weight is 250 g/mol. The van der Waals surface area contributed by atoms with Crippen molar-refractivity contribution in [2.75, 3.05) is 6.61 Å². The third-order valence-electron chi connectivity index (χ3n) is 2.11. The molecule has 0 aliphatic rings. The Bertz CT molecular complexity index is 459. The van der Waals surface area contributed by atoms with Crippen LogP contribution in [0, 0.1) is 0 Å². The zero-order valence-corrected chi connectivity index (χ0v) is 9.92. The van der Waals surface area contributed by atoms with Gasteiger partial charge in [0.1, 0.15) is 5.75 Å². The highest BCUT2D eigenvalue weighted by molar-refractivity contribution is 5.97. The van der Waals surface area contributed by atoms with Gasteiger partial charge in [-0.25, -0.2) is 4.79 Å². The van der Waals surface area contributed by atoms with E-state index in [0.29, 0.717) is 5.56 Å². The molecule has 1 aromatic rings. The summed E-state index contributed by atoms with van der Waals surface area (Å²) in [5.74, 6) is -1.65. The Hall–Kier alpha value is -2.30. The third-order valence-corrected chi connectivity index (χ3v) is 2.11. The van der Waals surface area contributed by atoms with Crippen molar-refractivity contribution in [2.24, 2.45) is 0 Å². The second-order valence-electron chi connectivity index (χ2n) is 3.55. The molecule has 2 N–H and O–H groups in total. The van der Waals surface area contributed by atoms with E-state index in [1.807, 2.05) is 0 Å². The Kier molecular flexibility index (Phi) is 4.92. The first-order valence-electron chi connectivity index (χ1n) is 5.41. The van der Waals surface area contributed by atoms with Crippen LogP contribution in [0.5, 0.6) is 5.75 Å². The highest BCUT2D eigenvalue weighted by Gasteiger charge is 2.14. The molecule has 0 aliphatic carbocycles. The number of hydrogen-bond donors (Lipinski definition) is 2. The van der Waals surface area contributed by atoms with Gasteiger partial charge in [-0.2, -0.15) is 0 Å². The van der Waals surface area contributed by atoms with Crippen molar-refractivity contribution < 1.29 is 24.5 Å². The first-order chi connectivity index (χ1) is 8.52. The van der Waals surface area contributed by atoms with Gasteiger partial charge in [0.05, 0.1) is 13.0 Å². The van der Waals surface area contributed by atoms with E-state index in [0.717, 1.165) is 0 Å².